The fraction of sp³-hybridized carbons (Fsp3) is 0.333. The molecule has 0 bridgehead atoms. The van der Waals surface area contributed by atoms with E-state index >= 15 is 0 Å². The summed E-state index contributed by atoms with van der Waals surface area (Å²) in [4.78, 5) is 20.3. The highest BCUT2D eigenvalue weighted by Crippen LogP contribution is 2.36. The molecule has 32 heavy (non-hydrogen) atoms. The molecule has 1 aliphatic heterocycles. The van der Waals surface area contributed by atoms with Gasteiger partial charge in [0.1, 0.15) is 11.6 Å². The smallest absolute Gasteiger partial charge is 0.233 e. The van der Waals surface area contributed by atoms with E-state index in [4.69, 9.17) is 9.72 Å². The Morgan fingerprint density at radius 1 is 1.06 bits per heavy atom. The molecule has 3 aromatic rings. The maximum atomic E-state index is 13.6. The quantitative estimate of drug-likeness (QED) is 0.519. The lowest BCUT2D eigenvalue weighted by molar-refractivity contribution is -0.137. The summed E-state index contributed by atoms with van der Waals surface area (Å²) < 4.78 is 18.4. The summed E-state index contributed by atoms with van der Waals surface area (Å²) in [5.41, 5.74) is 3.35. The van der Waals surface area contributed by atoms with Gasteiger partial charge in [0.15, 0.2) is 0 Å². The van der Waals surface area contributed by atoms with Crippen LogP contribution in [0, 0.1) is 5.82 Å². The molecule has 2 heterocycles. The number of halogens is 1. The monoisotopic (exact) mass is 432 g/mol. The summed E-state index contributed by atoms with van der Waals surface area (Å²) in [5, 5.41) is 0. The normalized spacial score (nSPS) is 16.2. The van der Waals surface area contributed by atoms with E-state index in [0.29, 0.717) is 6.42 Å². The minimum atomic E-state index is -0.641. The highest BCUT2D eigenvalue weighted by Gasteiger charge is 2.39. The summed E-state index contributed by atoms with van der Waals surface area (Å²) in [6.45, 7) is 4.69. The van der Waals surface area contributed by atoms with Crippen molar-refractivity contribution in [3.63, 3.8) is 0 Å². The van der Waals surface area contributed by atoms with Gasteiger partial charge in [-0.2, -0.15) is 0 Å². The fourth-order valence-corrected chi connectivity index (χ4v) is 4.38. The summed E-state index contributed by atoms with van der Waals surface area (Å²) in [7, 11) is 1.64. The van der Waals surface area contributed by atoms with Crippen molar-refractivity contribution in [3.05, 3.63) is 95.1 Å². The van der Waals surface area contributed by atoms with Gasteiger partial charge in [0.2, 0.25) is 5.91 Å². The molecule has 0 unspecified atom stereocenters. The topological polar surface area (TPSA) is 42.4 Å². The van der Waals surface area contributed by atoms with Crippen LogP contribution in [0.4, 0.5) is 4.39 Å². The van der Waals surface area contributed by atoms with Crippen LogP contribution in [0.5, 0.6) is 5.75 Å². The van der Waals surface area contributed by atoms with E-state index in [2.05, 4.69) is 6.07 Å². The Hall–Kier alpha value is -3.21. The molecule has 1 amide bonds. The van der Waals surface area contributed by atoms with Crippen molar-refractivity contribution in [3.8, 4) is 5.75 Å². The minimum Gasteiger partial charge on any atom is -0.497 e. The van der Waals surface area contributed by atoms with Gasteiger partial charge < -0.3 is 9.64 Å². The second-order valence-electron chi connectivity index (χ2n) is 8.90. The molecule has 166 valence electrons. The zero-order valence-corrected chi connectivity index (χ0v) is 18.8. The van der Waals surface area contributed by atoms with Gasteiger partial charge in [0, 0.05) is 12.7 Å². The Bertz CT molecular complexity index is 1060. The molecular formula is C27H29FN2O2. The van der Waals surface area contributed by atoms with E-state index in [0.717, 1.165) is 47.5 Å². The Morgan fingerprint density at radius 2 is 1.75 bits per heavy atom. The number of aromatic nitrogens is 1. The van der Waals surface area contributed by atoms with E-state index in [-0.39, 0.29) is 17.8 Å². The molecule has 1 saturated heterocycles. The largest absolute Gasteiger partial charge is 0.497 e. The molecular weight excluding hydrogens is 403 g/mol. The van der Waals surface area contributed by atoms with Crippen molar-refractivity contribution in [2.45, 2.75) is 44.6 Å². The molecule has 5 heteroatoms. The lowest BCUT2D eigenvalue weighted by atomic mass is 9.83. The molecule has 0 saturated carbocycles. The molecule has 1 atom stereocenters. The van der Waals surface area contributed by atoms with E-state index in [1.54, 1.807) is 19.2 Å². The second-order valence-corrected chi connectivity index (χ2v) is 8.90. The number of benzene rings is 2. The van der Waals surface area contributed by atoms with Crippen molar-refractivity contribution in [2.24, 2.45) is 0 Å². The molecule has 0 aliphatic carbocycles. The number of likely N-dealkylation sites (tertiary alicyclic amines) is 1. The number of carbonyl (C=O) groups excluding carboxylic acids is 1. The van der Waals surface area contributed by atoms with Gasteiger partial charge in [0.05, 0.1) is 24.3 Å². The Morgan fingerprint density at radius 3 is 2.38 bits per heavy atom. The first-order chi connectivity index (χ1) is 15.4. The number of hydrogen-bond acceptors (Lipinski definition) is 3. The molecule has 1 aromatic heterocycles. The number of amides is 1. The first-order valence-corrected chi connectivity index (χ1v) is 11.0. The number of methoxy groups -OCH3 is 1. The van der Waals surface area contributed by atoms with E-state index in [1.165, 1.54) is 12.1 Å². The van der Waals surface area contributed by atoms with Crippen LogP contribution >= 0.6 is 0 Å². The van der Waals surface area contributed by atoms with Gasteiger partial charge in [-0.3, -0.25) is 9.78 Å². The van der Waals surface area contributed by atoms with Crippen LogP contribution in [-0.4, -0.2) is 29.4 Å². The lowest BCUT2D eigenvalue weighted by Crippen LogP contribution is -2.43. The average molecular weight is 433 g/mol. The molecule has 0 N–H and O–H groups in total. The van der Waals surface area contributed by atoms with Crippen LogP contribution in [-0.2, 0) is 16.6 Å². The maximum absolute atomic E-state index is 13.6. The highest BCUT2D eigenvalue weighted by molar-refractivity contribution is 5.88. The van der Waals surface area contributed by atoms with Crippen LogP contribution in [0.1, 0.15) is 55.1 Å². The van der Waals surface area contributed by atoms with Gasteiger partial charge in [-0.1, -0.05) is 30.3 Å². The van der Waals surface area contributed by atoms with Crippen molar-refractivity contribution >= 4 is 5.91 Å². The number of carbonyl (C=O) groups is 1. The van der Waals surface area contributed by atoms with E-state index in [9.17, 15) is 9.18 Å². The van der Waals surface area contributed by atoms with E-state index in [1.807, 2.05) is 55.3 Å². The zero-order valence-electron chi connectivity index (χ0n) is 18.8. The molecule has 4 nitrogen and oxygen atoms in total. The zero-order chi connectivity index (χ0) is 22.7. The molecule has 4 rings (SSSR count). The van der Waals surface area contributed by atoms with Gasteiger partial charge in [-0.05, 0) is 80.1 Å². The van der Waals surface area contributed by atoms with Crippen LogP contribution in [0.3, 0.4) is 0 Å². The second kappa shape index (κ2) is 9.11. The lowest BCUT2D eigenvalue weighted by Gasteiger charge is -2.33. The fourth-order valence-electron chi connectivity index (χ4n) is 4.38. The number of ether oxygens (including phenoxy) is 1. The molecule has 0 spiro atoms. The minimum absolute atomic E-state index is 0.0140. The van der Waals surface area contributed by atoms with Crippen molar-refractivity contribution in [2.75, 3.05) is 13.7 Å². The van der Waals surface area contributed by atoms with Gasteiger partial charge in [-0.25, -0.2) is 4.39 Å². The number of rotatable bonds is 6. The third-order valence-electron chi connectivity index (χ3n) is 6.37. The van der Waals surface area contributed by atoms with Gasteiger partial charge >= 0.3 is 0 Å². The first-order valence-electron chi connectivity index (χ1n) is 11.0. The highest BCUT2D eigenvalue weighted by atomic mass is 19.1. The van der Waals surface area contributed by atoms with Crippen LogP contribution in [0.25, 0.3) is 0 Å². The average Bonchev–Trinajstić information content (AvgIpc) is 3.30. The Balaban J connectivity index is 1.49. The molecule has 2 aromatic carbocycles. The molecule has 1 fully saturated rings. The molecule has 1 aliphatic rings. The van der Waals surface area contributed by atoms with Crippen LogP contribution < -0.4 is 4.74 Å². The van der Waals surface area contributed by atoms with Crippen molar-refractivity contribution in [1.29, 1.82) is 0 Å². The predicted octanol–water partition coefficient (Wildman–Crippen LogP) is 5.46. The van der Waals surface area contributed by atoms with E-state index < -0.39 is 5.41 Å². The van der Waals surface area contributed by atoms with Crippen molar-refractivity contribution < 1.29 is 13.9 Å². The predicted molar refractivity (Wildman–Crippen MR) is 123 cm³/mol. The van der Waals surface area contributed by atoms with Gasteiger partial charge in [-0.15, -0.1) is 0 Å². The summed E-state index contributed by atoms with van der Waals surface area (Å²) in [5.74, 6) is 0.661. The third kappa shape index (κ3) is 4.52. The standard InChI is InChI=1S/C27H29FN2O2/c1-27(2,21-9-13-23(32-3)14-10-21)26(31)30-16-4-5-25(30)24-15-8-20(18-29-24)17-19-6-11-22(28)12-7-19/h6-15,18,25H,4-5,16-17H2,1-3H3/t25-/m1/s1. The number of pyridine rings is 1. The maximum Gasteiger partial charge on any atom is 0.233 e. The summed E-state index contributed by atoms with van der Waals surface area (Å²) in [6, 6.07) is 18.3. The summed E-state index contributed by atoms with van der Waals surface area (Å²) in [6.07, 6.45) is 4.45. The van der Waals surface area contributed by atoms with Gasteiger partial charge in [0.25, 0.3) is 0 Å². The molecule has 0 radical (unpaired) electrons. The van der Waals surface area contributed by atoms with Crippen LogP contribution in [0.15, 0.2) is 66.9 Å². The SMILES string of the molecule is COc1ccc(C(C)(C)C(=O)N2CCC[C@@H]2c2ccc(Cc3ccc(F)cc3)cn2)cc1. The third-order valence-corrected chi connectivity index (χ3v) is 6.37. The van der Waals surface area contributed by atoms with Crippen molar-refractivity contribution in [1.82, 2.24) is 9.88 Å². The first kappa shape index (κ1) is 22.0. The van der Waals surface area contributed by atoms with Crippen LogP contribution in [0.2, 0.25) is 0 Å². The summed E-state index contributed by atoms with van der Waals surface area (Å²) >= 11 is 0. The Labute approximate surface area is 189 Å². The number of hydrogen-bond donors (Lipinski definition) is 0. The number of nitrogens with zero attached hydrogens (tertiary/aromatic N) is 2. The Kier molecular flexibility index (Phi) is 6.26.